The van der Waals surface area contributed by atoms with Crippen LogP contribution in [0.25, 0.3) is 5.69 Å². The maximum Gasteiger partial charge on any atom is 0.196 e. The van der Waals surface area contributed by atoms with Crippen LogP contribution in [0.2, 0.25) is 5.02 Å². The number of nitrogens with zero attached hydrogens (tertiary/aromatic N) is 4. The van der Waals surface area contributed by atoms with Crippen LogP contribution in [-0.2, 0) is 12.4 Å². The Bertz CT molecular complexity index is 1090. The highest BCUT2D eigenvalue weighted by atomic mass is 35.5. The predicted octanol–water partition coefficient (Wildman–Crippen LogP) is 5.40. The Balaban J connectivity index is 1.61. The first-order valence-electron chi connectivity index (χ1n) is 9.05. The molecule has 4 aromatic rings. The Morgan fingerprint density at radius 2 is 1.79 bits per heavy atom. The molecule has 8 heteroatoms. The van der Waals surface area contributed by atoms with E-state index in [1.54, 1.807) is 17.8 Å². The largest absolute Gasteiger partial charge is 0.484 e. The molecule has 0 atom stereocenters. The lowest BCUT2D eigenvalue weighted by Gasteiger charge is -2.11. The Labute approximate surface area is 177 Å². The van der Waals surface area contributed by atoms with Crippen LogP contribution in [0.3, 0.4) is 0 Å². The van der Waals surface area contributed by atoms with E-state index in [0.717, 1.165) is 27.9 Å². The summed E-state index contributed by atoms with van der Waals surface area (Å²) in [5.74, 6) is 2.82. The van der Waals surface area contributed by atoms with Crippen molar-refractivity contribution in [3.8, 4) is 11.4 Å². The number of aryl methyl sites for hydroxylation is 2. The van der Waals surface area contributed by atoms with Gasteiger partial charge >= 0.3 is 0 Å². The molecule has 0 saturated carbocycles. The van der Waals surface area contributed by atoms with E-state index >= 15 is 0 Å². The van der Waals surface area contributed by atoms with Gasteiger partial charge in [-0.15, -0.1) is 10.2 Å². The van der Waals surface area contributed by atoms with E-state index in [2.05, 4.69) is 15.4 Å². The van der Waals surface area contributed by atoms with Gasteiger partial charge in [0.15, 0.2) is 11.0 Å². The maximum absolute atomic E-state index is 6.20. The van der Waals surface area contributed by atoms with E-state index in [-0.39, 0.29) is 6.61 Å². The standard InChI is InChI=1S/C21H19ClN4O2S/c1-14-17(15(2)28-25-14)13-29-21-24-23-20(26(21)16-8-4-3-5-9-16)12-27-19-11-7-6-10-18(19)22/h3-11H,12-13H2,1-2H3. The molecule has 2 aromatic carbocycles. The van der Waals surface area contributed by atoms with Gasteiger partial charge in [0.2, 0.25) is 0 Å². The Morgan fingerprint density at radius 1 is 1.03 bits per heavy atom. The second kappa shape index (κ2) is 8.71. The summed E-state index contributed by atoms with van der Waals surface area (Å²) in [6.07, 6.45) is 0. The lowest BCUT2D eigenvalue weighted by atomic mass is 10.2. The first-order chi connectivity index (χ1) is 14.1. The van der Waals surface area contributed by atoms with Crippen LogP contribution in [0.5, 0.6) is 5.75 Å². The third-order valence-corrected chi connectivity index (χ3v) is 5.70. The highest BCUT2D eigenvalue weighted by Gasteiger charge is 2.17. The van der Waals surface area contributed by atoms with Gasteiger partial charge in [0.1, 0.15) is 18.1 Å². The summed E-state index contributed by atoms with van der Waals surface area (Å²) < 4.78 is 13.2. The number of hydrogen-bond donors (Lipinski definition) is 0. The van der Waals surface area contributed by atoms with Gasteiger partial charge in [0.05, 0.1) is 10.7 Å². The molecule has 0 amide bonds. The summed E-state index contributed by atoms with van der Waals surface area (Å²) in [5, 5.41) is 14.1. The molecule has 0 aliphatic rings. The summed E-state index contributed by atoms with van der Waals surface area (Å²) in [5.41, 5.74) is 2.94. The summed E-state index contributed by atoms with van der Waals surface area (Å²) >= 11 is 7.78. The van der Waals surface area contributed by atoms with Gasteiger partial charge < -0.3 is 9.26 Å². The first-order valence-corrected chi connectivity index (χ1v) is 10.4. The van der Waals surface area contributed by atoms with Gasteiger partial charge in [-0.2, -0.15) is 0 Å². The predicted molar refractivity (Wildman–Crippen MR) is 113 cm³/mol. The van der Waals surface area contributed by atoms with Gasteiger partial charge in [-0.05, 0) is 38.1 Å². The molecule has 0 saturated heterocycles. The van der Waals surface area contributed by atoms with Crippen molar-refractivity contribution in [1.29, 1.82) is 0 Å². The number of benzene rings is 2. The number of rotatable bonds is 7. The van der Waals surface area contributed by atoms with Crippen LogP contribution in [0, 0.1) is 13.8 Å². The number of ether oxygens (including phenoxy) is 1. The monoisotopic (exact) mass is 426 g/mol. The van der Waals surface area contributed by atoms with Gasteiger partial charge in [-0.1, -0.05) is 58.9 Å². The fourth-order valence-corrected chi connectivity index (χ4v) is 4.19. The fourth-order valence-electron chi connectivity index (χ4n) is 2.87. The van der Waals surface area contributed by atoms with Crippen molar-refractivity contribution in [2.45, 2.75) is 31.4 Å². The van der Waals surface area contributed by atoms with Crippen molar-refractivity contribution in [3.63, 3.8) is 0 Å². The van der Waals surface area contributed by atoms with Crippen molar-refractivity contribution in [3.05, 3.63) is 82.5 Å². The Kier molecular flexibility index (Phi) is 5.87. The molecule has 0 aliphatic heterocycles. The zero-order valence-corrected chi connectivity index (χ0v) is 17.6. The fraction of sp³-hybridized carbons (Fsp3) is 0.190. The Hall–Kier alpha value is -2.77. The smallest absolute Gasteiger partial charge is 0.196 e. The second-order valence-electron chi connectivity index (χ2n) is 6.38. The molecule has 0 fully saturated rings. The van der Waals surface area contributed by atoms with Crippen molar-refractivity contribution in [2.24, 2.45) is 0 Å². The average Bonchev–Trinajstić information content (AvgIpc) is 3.29. The van der Waals surface area contributed by atoms with Gasteiger partial charge in [0.25, 0.3) is 0 Å². The van der Waals surface area contributed by atoms with E-state index in [1.165, 1.54) is 0 Å². The summed E-state index contributed by atoms with van der Waals surface area (Å²) in [4.78, 5) is 0. The zero-order valence-electron chi connectivity index (χ0n) is 16.0. The van der Waals surface area contributed by atoms with Crippen LogP contribution in [0.4, 0.5) is 0 Å². The SMILES string of the molecule is Cc1noc(C)c1CSc1nnc(COc2ccccc2Cl)n1-c1ccccc1. The van der Waals surface area contributed by atoms with Gasteiger partial charge in [-0.3, -0.25) is 4.57 Å². The van der Waals surface area contributed by atoms with Crippen molar-refractivity contribution in [1.82, 2.24) is 19.9 Å². The molecule has 6 nitrogen and oxygen atoms in total. The van der Waals surface area contributed by atoms with Crippen molar-refractivity contribution in [2.75, 3.05) is 0 Å². The van der Waals surface area contributed by atoms with Gasteiger partial charge in [0, 0.05) is 17.0 Å². The molecule has 0 radical (unpaired) electrons. The van der Waals surface area contributed by atoms with Crippen LogP contribution >= 0.6 is 23.4 Å². The lowest BCUT2D eigenvalue weighted by Crippen LogP contribution is -2.07. The molecule has 0 spiro atoms. The van der Waals surface area contributed by atoms with Crippen LogP contribution in [0.15, 0.2) is 64.3 Å². The van der Waals surface area contributed by atoms with E-state index in [0.29, 0.717) is 22.3 Å². The van der Waals surface area contributed by atoms with Crippen LogP contribution in [-0.4, -0.2) is 19.9 Å². The van der Waals surface area contributed by atoms with E-state index in [1.807, 2.05) is 66.9 Å². The average molecular weight is 427 g/mol. The van der Waals surface area contributed by atoms with Crippen molar-refractivity contribution >= 4 is 23.4 Å². The highest BCUT2D eigenvalue weighted by Crippen LogP contribution is 2.29. The molecule has 0 N–H and O–H groups in total. The molecular weight excluding hydrogens is 408 g/mol. The normalized spacial score (nSPS) is 11.0. The summed E-state index contributed by atoms with van der Waals surface area (Å²) in [6, 6.07) is 17.4. The van der Waals surface area contributed by atoms with Crippen molar-refractivity contribution < 1.29 is 9.26 Å². The molecule has 2 aromatic heterocycles. The quantitative estimate of drug-likeness (QED) is 0.369. The molecule has 148 valence electrons. The minimum atomic E-state index is 0.248. The number of hydrogen-bond acceptors (Lipinski definition) is 6. The summed E-state index contributed by atoms with van der Waals surface area (Å²) in [7, 11) is 0. The molecule has 0 bridgehead atoms. The molecule has 4 rings (SSSR count). The molecule has 29 heavy (non-hydrogen) atoms. The first kappa shape index (κ1) is 19.5. The minimum absolute atomic E-state index is 0.248. The number of para-hydroxylation sites is 2. The molecule has 2 heterocycles. The number of thioether (sulfide) groups is 1. The number of aromatic nitrogens is 4. The minimum Gasteiger partial charge on any atom is -0.484 e. The van der Waals surface area contributed by atoms with E-state index in [4.69, 9.17) is 20.9 Å². The number of halogens is 1. The second-order valence-corrected chi connectivity index (χ2v) is 7.73. The molecule has 0 unspecified atom stereocenters. The summed E-state index contributed by atoms with van der Waals surface area (Å²) in [6.45, 7) is 4.11. The lowest BCUT2D eigenvalue weighted by molar-refractivity contribution is 0.293. The van der Waals surface area contributed by atoms with E-state index in [9.17, 15) is 0 Å². The van der Waals surface area contributed by atoms with Gasteiger partial charge in [-0.25, -0.2) is 0 Å². The third kappa shape index (κ3) is 4.31. The molecule has 0 aliphatic carbocycles. The van der Waals surface area contributed by atoms with E-state index < -0.39 is 0 Å². The van der Waals surface area contributed by atoms with Crippen LogP contribution in [0.1, 0.15) is 22.8 Å². The third-order valence-electron chi connectivity index (χ3n) is 4.44. The van der Waals surface area contributed by atoms with Crippen LogP contribution < -0.4 is 4.74 Å². The topological polar surface area (TPSA) is 66.0 Å². The molecular formula is C21H19ClN4O2S. The zero-order chi connectivity index (χ0) is 20.2. The maximum atomic E-state index is 6.20. The highest BCUT2D eigenvalue weighted by molar-refractivity contribution is 7.98. The Morgan fingerprint density at radius 3 is 2.52 bits per heavy atom.